The largest absolute Gasteiger partial charge is 0.370 e. The Morgan fingerprint density at radius 3 is 2.43 bits per heavy atom. The van der Waals surface area contributed by atoms with Crippen molar-refractivity contribution >= 4 is 11.7 Å². The number of fused-ring (bicyclic) bond motifs is 1. The van der Waals surface area contributed by atoms with Crippen LogP contribution < -0.4 is 5.32 Å². The van der Waals surface area contributed by atoms with E-state index in [2.05, 4.69) is 33.0 Å². The summed E-state index contributed by atoms with van der Waals surface area (Å²) in [5.74, 6) is 0.344. The van der Waals surface area contributed by atoms with Crippen LogP contribution in [0.2, 0.25) is 0 Å². The van der Waals surface area contributed by atoms with Crippen LogP contribution in [0.3, 0.4) is 0 Å². The van der Waals surface area contributed by atoms with Gasteiger partial charge in [-0.2, -0.15) is 0 Å². The van der Waals surface area contributed by atoms with E-state index in [9.17, 15) is 9.59 Å². The van der Waals surface area contributed by atoms with Crippen molar-refractivity contribution in [1.29, 1.82) is 0 Å². The van der Waals surface area contributed by atoms with Crippen LogP contribution in [0.15, 0.2) is 0 Å². The Bertz CT molecular complexity index is 442. The molecule has 2 aliphatic heterocycles. The topological polar surface area (TPSA) is 58.7 Å². The highest BCUT2D eigenvalue weighted by Crippen LogP contribution is 2.40. The van der Waals surface area contributed by atoms with Gasteiger partial charge < -0.3 is 10.1 Å². The zero-order chi connectivity index (χ0) is 17.1. The number of Topliss-reactive ketones (excluding diaryl/α,β-unsaturated/α-hetero) is 1. The summed E-state index contributed by atoms with van der Waals surface area (Å²) in [7, 11) is 0. The van der Waals surface area contributed by atoms with Crippen molar-refractivity contribution in [2.45, 2.75) is 91.3 Å². The molecule has 4 heteroatoms. The smallest absolute Gasteiger partial charge is 0.220 e. The molecule has 0 aromatic carbocycles. The summed E-state index contributed by atoms with van der Waals surface area (Å²) in [6.45, 7) is 9.33. The van der Waals surface area contributed by atoms with E-state index in [4.69, 9.17) is 4.74 Å². The molecule has 0 saturated carbocycles. The molecule has 0 aromatic rings. The summed E-state index contributed by atoms with van der Waals surface area (Å²) in [4.78, 5) is 24.3. The lowest BCUT2D eigenvalue weighted by atomic mass is 9.70. The molecule has 0 aromatic heterocycles. The highest BCUT2D eigenvalue weighted by Gasteiger charge is 2.39. The highest BCUT2D eigenvalue weighted by atomic mass is 16.6. The van der Waals surface area contributed by atoms with Gasteiger partial charge in [-0.05, 0) is 37.5 Å². The molecule has 0 radical (unpaired) electrons. The summed E-state index contributed by atoms with van der Waals surface area (Å²) < 4.78 is 5.70. The summed E-state index contributed by atoms with van der Waals surface area (Å²) in [5, 5.41) is 2.94. The van der Waals surface area contributed by atoms with Crippen molar-refractivity contribution in [3.8, 4) is 0 Å². The Labute approximate surface area is 140 Å². The van der Waals surface area contributed by atoms with E-state index in [1.54, 1.807) is 0 Å². The average molecular weight is 323 g/mol. The zero-order valence-corrected chi connectivity index (χ0v) is 15.2. The molecule has 1 amide bonds. The molecule has 0 bridgehead atoms. The van der Waals surface area contributed by atoms with Crippen molar-refractivity contribution in [3.63, 3.8) is 0 Å². The number of ether oxygens (including phenoxy) is 1. The van der Waals surface area contributed by atoms with Gasteiger partial charge in [0, 0.05) is 24.8 Å². The van der Waals surface area contributed by atoms with Crippen LogP contribution >= 0.6 is 0 Å². The Morgan fingerprint density at radius 1 is 1.00 bits per heavy atom. The maximum absolute atomic E-state index is 12.5. The lowest BCUT2D eigenvalue weighted by Crippen LogP contribution is -2.31. The van der Waals surface area contributed by atoms with E-state index in [-0.39, 0.29) is 22.5 Å². The second-order valence-corrected chi connectivity index (χ2v) is 8.75. The summed E-state index contributed by atoms with van der Waals surface area (Å²) in [5.41, 5.74) is -0.145. The predicted molar refractivity (Wildman–Crippen MR) is 91.2 cm³/mol. The lowest BCUT2D eigenvalue weighted by molar-refractivity contribution is -0.129. The highest BCUT2D eigenvalue weighted by molar-refractivity contribution is 5.84. The molecule has 2 fully saturated rings. The van der Waals surface area contributed by atoms with Crippen molar-refractivity contribution < 1.29 is 14.3 Å². The second kappa shape index (κ2) is 7.33. The predicted octanol–water partition coefficient (Wildman–Crippen LogP) is 3.63. The van der Waals surface area contributed by atoms with E-state index in [0.29, 0.717) is 38.0 Å². The lowest BCUT2D eigenvalue weighted by Gasteiger charge is -2.34. The van der Waals surface area contributed by atoms with Gasteiger partial charge in [0.2, 0.25) is 5.91 Å². The van der Waals surface area contributed by atoms with Crippen molar-refractivity contribution in [1.82, 2.24) is 5.32 Å². The van der Waals surface area contributed by atoms with Gasteiger partial charge in [-0.25, -0.2) is 0 Å². The Morgan fingerprint density at radius 2 is 1.70 bits per heavy atom. The number of hydrogen-bond acceptors (Lipinski definition) is 3. The SMILES string of the molecule is CC1(C)CCCC2OC2CCNC(=O)CCCC(=O)C(C)(C)C1. The van der Waals surface area contributed by atoms with E-state index < -0.39 is 0 Å². The average Bonchev–Trinajstić information content (AvgIpc) is 3.14. The number of amides is 1. The van der Waals surface area contributed by atoms with Gasteiger partial charge in [-0.1, -0.05) is 34.1 Å². The third kappa shape index (κ3) is 5.91. The fraction of sp³-hybridized carbons (Fsp3) is 0.895. The summed E-state index contributed by atoms with van der Waals surface area (Å²) in [6.07, 6.45) is 7.50. The first-order valence-corrected chi connectivity index (χ1v) is 9.15. The first kappa shape index (κ1) is 18.4. The van der Waals surface area contributed by atoms with Crippen LogP contribution in [-0.2, 0) is 14.3 Å². The first-order chi connectivity index (χ1) is 10.7. The molecule has 2 saturated heterocycles. The molecular weight excluding hydrogens is 290 g/mol. The molecule has 0 spiro atoms. The molecule has 4 nitrogen and oxygen atoms in total. The Kier molecular flexibility index (Phi) is 5.88. The van der Waals surface area contributed by atoms with Crippen LogP contribution in [0.1, 0.15) is 79.1 Å². The molecular formula is C19H33NO3. The van der Waals surface area contributed by atoms with Crippen LogP contribution in [0.25, 0.3) is 0 Å². The van der Waals surface area contributed by atoms with Gasteiger partial charge in [0.25, 0.3) is 0 Å². The van der Waals surface area contributed by atoms with E-state index >= 15 is 0 Å². The van der Waals surface area contributed by atoms with Crippen LogP contribution in [0, 0.1) is 10.8 Å². The van der Waals surface area contributed by atoms with Gasteiger partial charge in [0.1, 0.15) is 5.78 Å². The Balaban J connectivity index is 1.96. The van der Waals surface area contributed by atoms with Crippen LogP contribution in [-0.4, -0.2) is 30.4 Å². The molecule has 1 N–H and O–H groups in total. The quantitative estimate of drug-likeness (QED) is 0.693. The number of carbonyl (C=O) groups is 2. The maximum Gasteiger partial charge on any atom is 0.220 e. The normalized spacial score (nSPS) is 32.7. The number of rotatable bonds is 0. The molecule has 2 rings (SSSR count). The van der Waals surface area contributed by atoms with Crippen LogP contribution in [0.5, 0.6) is 0 Å². The molecule has 2 atom stereocenters. The third-order valence-corrected chi connectivity index (χ3v) is 5.26. The van der Waals surface area contributed by atoms with Gasteiger partial charge >= 0.3 is 0 Å². The zero-order valence-electron chi connectivity index (χ0n) is 15.2. The molecule has 2 unspecified atom stereocenters. The number of carbonyl (C=O) groups excluding carboxylic acids is 2. The van der Waals surface area contributed by atoms with Gasteiger partial charge in [-0.3, -0.25) is 9.59 Å². The molecule has 2 aliphatic rings. The minimum absolute atomic E-state index is 0.0558. The van der Waals surface area contributed by atoms with E-state index in [1.807, 2.05) is 0 Å². The first-order valence-electron chi connectivity index (χ1n) is 9.15. The number of ketones is 1. The minimum Gasteiger partial charge on any atom is -0.370 e. The molecule has 0 aliphatic carbocycles. The fourth-order valence-corrected chi connectivity index (χ4v) is 4.04. The van der Waals surface area contributed by atoms with Gasteiger partial charge in [0.05, 0.1) is 12.2 Å². The maximum atomic E-state index is 12.5. The number of epoxide rings is 1. The molecule has 23 heavy (non-hydrogen) atoms. The van der Waals surface area contributed by atoms with Crippen molar-refractivity contribution in [2.24, 2.45) is 10.8 Å². The van der Waals surface area contributed by atoms with Crippen molar-refractivity contribution in [2.75, 3.05) is 6.54 Å². The Hall–Kier alpha value is -0.900. The monoisotopic (exact) mass is 323 g/mol. The van der Waals surface area contributed by atoms with E-state index in [0.717, 1.165) is 32.1 Å². The standard InChI is InChI=1S/C19H33NO3/c1-18(2)11-6-7-14-15(23-14)10-12-20-17(22)9-5-8-16(21)19(3,4)13-18/h14-15H,5-13H2,1-4H3,(H,20,22). The second-order valence-electron chi connectivity index (χ2n) is 8.75. The molecule has 2 heterocycles. The third-order valence-electron chi connectivity index (χ3n) is 5.26. The summed E-state index contributed by atoms with van der Waals surface area (Å²) in [6, 6.07) is 0. The number of nitrogens with one attached hydrogen (secondary N) is 1. The van der Waals surface area contributed by atoms with Crippen molar-refractivity contribution in [3.05, 3.63) is 0 Å². The van der Waals surface area contributed by atoms with Crippen LogP contribution in [0.4, 0.5) is 0 Å². The summed E-state index contributed by atoms with van der Waals surface area (Å²) >= 11 is 0. The van der Waals surface area contributed by atoms with Gasteiger partial charge in [0.15, 0.2) is 0 Å². The number of hydrogen-bond donors (Lipinski definition) is 1. The van der Waals surface area contributed by atoms with E-state index in [1.165, 1.54) is 0 Å². The fourth-order valence-electron chi connectivity index (χ4n) is 4.04. The van der Waals surface area contributed by atoms with Gasteiger partial charge in [-0.15, -0.1) is 0 Å². The minimum atomic E-state index is -0.310. The molecule has 132 valence electrons.